The van der Waals surface area contributed by atoms with Crippen LogP contribution in [0.2, 0.25) is 0 Å². The van der Waals surface area contributed by atoms with Crippen LogP contribution in [0.1, 0.15) is 72.1 Å². The summed E-state index contributed by atoms with van der Waals surface area (Å²) in [6, 6.07) is 18.0. The first-order chi connectivity index (χ1) is 21.2. The fourth-order valence-electron chi connectivity index (χ4n) is 4.52. The highest BCUT2D eigenvalue weighted by Crippen LogP contribution is 2.33. The molecule has 9 nitrogen and oxygen atoms in total. The molecule has 3 N–H and O–H groups in total. The normalized spacial score (nSPS) is 11.5. The average molecular weight is 624 g/mol. The molecule has 0 aliphatic heterocycles. The monoisotopic (exact) mass is 623 g/mol. The van der Waals surface area contributed by atoms with Crippen LogP contribution in [-0.2, 0) is 22.4 Å². The van der Waals surface area contributed by atoms with Crippen LogP contribution in [0, 0.1) is 0 Å². The minimum Gasteiger partial charge on any atom is -0.497 e. The molecule has 0 amide bonds. The first-order valence-corrected chi connectivity index (χ1v) is 15.5. The van der Waals surface area contributed by atoms with Gasteiger partial charge in [-0.1, -0.05) is 56.0 Å². The third-order valence-corrected chi connectivity index (χ3v) is 7.66. The Balaban J connectivity index is 1.49. The minimum absolute atomic E-state index is 0.173. The van der Waals surface area contributed by atoms with Gasteiger partial charge in [0.05, 0.1) is 32.8 Å². The molecule has 0 unspecified atom stereocenters. The van der Waals surface area contributed by atoms with Crippen molar-refractivity contribution < 1.29 is 39.1 Å². The van der Waals surface area contributed by atoms with Crippen molar-refractivity contribution in [3.8, 4) is 11.5 Å². The number of unbranched alkanes of at least 4 members (excludes halogenated alkanes) is 5. The Bertz CT molecular complexity index is 1370. The Hall–Kier alpha value is -3.86. The van der Waals surface area contributed by atoms with E-state index in [0.717, 1.165) is 56.0 Å². The zero-order valence-electron chi connectivity index (χ0n) is 25.2. The Kier molecular flexibility index (Phi) is 14.2. The molecule has 236 valence electrons. The molecular weight excluding hydrogens is 582 g/mol. The quantitative estimate of drug-likeness (QED) is 0.0604. The number of ether oxygens (including phenoxy) is 3. The van der Waals surface area contributed by atoms with E-state index in [1.165, 1.54) is 25.2 Å². The van der Waals surface area contributed by atoms with Crippen molar-refractivity contribution in [3.05, 3.63) is 89.1 Å². The highest BCUT2D eigenvalue weighted by molar-refractivity contribution is 8.00. The Morgan fingerprint density at radius 2 is 1.64 bits per heavy atom. The molecule has 0 aliphatic rings. The van der Waals surface area contributed by atoms with E-state index in [4.69, 9.17) is 19.3 Å². The van der Waals surface area contributed by atoms with Crippen molar-refractivity contribution in [3.63, 3.8) is 0 Å². The fourth-order valence-corrected chi connectivity index (χ4v) is 5.38. The number of rotatable bonds is 19. The van der Waals surface area contributed by atoms with Crippen molar-refractivity contribution in [1.82, 2.24) is 4.98 Å². The number of carbonyl (C=O) groups is 2. The lowest BCUT2D eigenvalue weighted by Gasteiger charge is -2.21. The average Bonchev–Trinajstić information content (AvgIpc) is 3.00. The van der Waals surface area contributed by atoms with Crippen molar-refractivity contribution in [1.29, 1.82) is 0 Å². The van der Waals surface area contributed by atoms with E-state index >= 15 is 0 Å². The predicted molar refractivity (Wildman–Crippen MR) is 170 cm³/mol. The number of methoxy groups -OCH3 is 2. The van der Waals surface area contributed by atoms with Gasteiger partial charge in [-0.25, -0.2) is 9.78 Å². The van der Waals surface area contributed by atoms with Gasteiger partial charge in [0.1, 0.15) is 22.2 Å². The summed E-state index contributed by atoms with van der Waals surface area (Å²) in [5, 5.41) is 28.5. The molecule has 2 aromatic carbocycles. The van der Waals surface area contributed by atoms with Gasteiger partial charge in [0.15, 0.2) is 0 Å². The van der Waals surface area contributed by atoms with E-state index in [-0.39, 0.29) is 12.8 Å². The van der Waals surface area contributed by atoms with Crippen molar-refractivity contribution in [2.45, 2.75) is 67.9 Å². The van der Waals surface area contributed by atoms with Crippen LogP contribution in [0.25, 0.3) is 6.08 Å². The van der Waals surface area contributed by atoms with Crippen molar-refractivity contribution in [2.75, 3.05) is 20.8 Å². The number of hydrogen-bond donors (Lipinski definition) is 3. The number of carboxylic acid groups (broad SMARTS) is 1. The van der Waals surface area contributed by atoms with E-state index in [9.17, 15) is 19.8 Å². The minimum atomic E-state index is -2.22. The number of aliphatic carboxylic acids is 1. The van der Waals surface area contributed by atoms with Gasteiger partial charge in [-0.2, -0.15) is 0 Å². The number of pyridine rings is 1. The van der Waals surface area contributed by atoms with E-state index in [0.29, 0.717) is 34.2 Å². The molecular formula is C34H41NO8S. The summed E-state index contributed by atoms with van der Waals surface area (Å²) < 4.78 is 15.9. The van der Waals surface area contributed by atoms with Crippen molar-refractivity contribution >= 4 is 29.8 Å². The largest absolute Gasteiger partial charge is 0.497 e. The number of nitrogens with zero attached hydrogens (tertiary/aromatic N) is 1. The predicted octanol–water partition coefficient (Wildman–Crippen LogP) is 6.30. The van der Waals surface area contributed by atoms with E-state index in [1.54, 1.807) is 49.6 Å². The maximum Gasteiger partial charge on any atom is 0.337 e. The zero-order valence-corrected chi connectivity index (χ0v) is 26.1. The number of esters is 1. The second-order valence-electron chi connectivity index (χ2n) is 10.3. The van der Waals surface area contributed by atoms with Crippen LogP contribution in [0.15, 0.2) is 71.8 Å². The lowest BCUT2D eigenvalue weighted by Crippen LogP contribution is -2.26. The number of hydrogen-bond acceptors (Lipinski definition) is 9. The Labute approximate surface area is 262 Å². The van der Waals surface area contributed by atoms with E-state index < -0.39 is 17.1 Å². The maximum atomic E-state index is 11.8. The molecule has 0 saturated carbocycles. The zero-order chi connectivity index (χ0) is 31.8. The molecule has 10 heteroatoms. The number of aliphatic hydroxyl groups is 2. The first kappa shape index (κ1) is 34.6. The Morgan fingerprint density at radius 1 is 0.909 bits per heavy atom. The number of carboxylic acids is 1. The van der Waals surface area contributed by atoms with E-state index in [1.807, 2.05) is 12.1 Å². The van der Waals surface area contributed by atoms with Crippen LogP contribution < -0.4 is 9.47 Å². The van der Waals surface area contributed by atoms with Gasteiger partial charge in [-0.15, -0.1) is 0 Å². The molecule has 44 heavy (non-hydrogen) atoms. The second kappa shape index (κ2) is 18.1. The molecule has 3 aromatic rings. The van der Waals surface area contributed by atoms with Crippen LogP contribution in [-0.4, -0.2) is 58.2 Å². The summed E-state index contributed by atoms with van der Waals surface area (Å²) in [6.45, 7) is 0.486. The number of aromatic nitrogens is 1. The second-order valence-corrected chi connectivity index (χ2v) is 11.6. The highest BCUT2D eigenvalue weighted by Gasteiger charge is 2.27. The van der Waals surface area contributed by atoms with Gasteiger partial charge in [0, 0.05) is 6.42 Å². The van der Waals surface area contributed by atoms with Gasteiger partial charge >= 0.3 is 11.9 Å². The smallest absolute Gasteiger partial charge is 0.337 e. The maximum absolute atomic E-state index is 11.8. The number of thioether (sulfide) groups is 1. The summed E-state index contributed by atoms with van der Waals surface area (Å²) in [4.78, 5) is 27.3. The lowest BCUT2D eigenvalue weighted by molar-refractivity contribution is -0.136. The van der Waals surface area contributed by atoms with Gasteiger partial charge in [0.25, 0.3) is 0 Å². The van der Waals surface area contributed by atoms with Crippen molar-refractivity contribution in [2.24, 2.45) is 0 Å². The van der Waals surface area contributed by atoms with Gasteiger partial charge in [-0.3, -0.25) is 4.79 Å². The van der Waals surface area contributed by atoms with Crippen LogP contribution >= 0.6 is 11.8 Å². The molecule has 0 bridgehead atoms. The van der Waals surface area contributed by atoms with Crippen LogP contribution in [0.3, 0.4) is 0 Å². The Morgan fingerprint density at radius 3 is 2.34 bits per heavy atom. The molecule has 0 fully saturated rings. The number of benzene rings is 2. The first-order valence-electron chi connectivity index (χ1n) is 14.6. The summed E-state index contributed by atoms with van der Waals surface area (Å²) in [6.07, 6.45) is 10.2. The fraction of sp³-hybridized carbons (Fsp3) is 0.382. The molecule has 0 atom stereocenters. The molecule has 0 saturated heterocycles. The van der Waals surface area contributed by atoms with E-state index in [2.05, 4.69) is 17.1 Å². The summed E-state index contributed by atoms with van der Waals surface area (Å²) in [7, 11) is 2.95. The molecule has 1 aromatic heterocycles. The molecule has 1 heterocycles. The third kappa shape index (κ3) is 12.4. The van der Waals surface area contributed by atoms with Crippen LogP contribution in [0.5, 0.6) is 11.5 Å². The number of aryl methyl sites for hydroxylation is 1. The lowest BCUT2D eigenvalue weighted by atomic mass is 10.0. The highest BCUT2D eigenvalue weighted by atomic mass is 32.2. The van der Waals surface area contributed by atoms with Gasteiger partial charge < -0.3 is 29.5 Å². The topological polar surface area (TPSA) is 135 Å². The summed E-state index contributed by atoms with van der Waals surface area (Å²) in [5.74, 6) is -0.129. The van der Waals surface area contributed by atoms with Crippen LogP contribution in [0.4, 0.5) is 0 Å². The third-order valence-electron chi connectivity index (χ3n) is 6.76. The SMILES string of the molecule is COC(=O)c1cccc(CC(O)(O)Sc2ccc(OCCCCCCCCc3ccc(OC)cc3)c(C=CCC(=O)O)n2)c1. The number of carbonyl (C=O) groups excluding carboxylic acids is 1. The summed E-state index contributed by atoms with van der Waals surface area (Å²) >= 11 is 0.737. The summed E-state index contributed by atoms with van der Waals surface area (Å²) in [5.41, 5.74) is 2.56. The van der Waals surface area contributed by atoms with Gasteiger partial charge in [0.2, 0.25) is 5.12 Å². The molecule has 0 spiro atoms. The molecule has 0 radical (unpaired) electrons. The van der Waals surface area contributed by atoms with Gasteiger partial charge in [-0.05, 0) is 84.6 Å². The standard InChI is InChI=1S/C34H41NO8S/c1-41-28-18-16-25(17-19-28)11-7-5-3-4-6-8-22-43-30-20-21-31(35-29(30)14-10-15-32(36)37)44-34(39,40)24-26-12-9-13-27(23-26)33(38)42-2/h9-10,12-14,16-21,23,39-40H,3-8,11,15,22,24H2,1-2H3,(H,36,37). The molecule has 0 aliphatic carbocycles. The molecule has 3 rings (SSSR count).